The van der Waals surface area contributed by atoms with Crippen LogP contribution in [0.1, 0.15) is 129 Å². The first-order chi connectivity index (χ1) is 50.0. The highest BCUT2D eigenvalue weighted by Crippen LogP contribution is 2.41. The van der Waals surface area contributed by atoms with Crippen molar-refractivity contribution >= 4 is 123 Å². The third-order valence-corrected chi connectivity index (χ3v) is 52.3. The zero-order valence-corrected chi connectivity index (χ0v) is 78.5. The fraction of sp³-hybridized carbons (Fsp3) is 0.512. The van der Waals surface area contributed by atoms with Crippen LogP contribution in [0.25, 0.3) is 0 Å². The number of rotatable bonds is 35. The quantitative estimate of drug-likeness (QED) is 0.0276. The molecule has 0 radical (unpaired) electrons. The van der Waals surface area contributed by atoms with Crippen molar-refractivity contribution in [2.24, 2.45) is 0 Å². The first-order valence-corrected chi connectivity index (χ1v) is 69.9. The monoisotopic (exact) mass is 1630 g/mol. The van der Waals surface area contributed by atoms with Crippen molar-refractivity contribution in [1.82, 2.24) is 0 Å². The van der Waals surface area contributed by atoms with Gasteiger partial charge in [-0.3, -0.25) is 0 Å². The summed E-state index contributed by atoms with van der Waals surface area (Å²) in [5, 5.41) is 0. The summed E-state index contributed by atoms with van der Waals surface area (Å²) >= 11 is 0. The summed E-state index contributed by atoms with van der Waals surface area (Å²) in [7, 11) is -18.9. The highest BCUT2D eigenvalue weighted by molar-refractivity contribution is 6.84. The molecule has 3 unspecified atom stereocenters. The Labute approximate surface area is 649 Å². The zero-order chi connectivity index (χ0) is 77.5. The lowest BCUT2D eigenvalue weighted by Gasteiger charge is -2.38. The Hall–Kier alpha value is -5.68. The molecular formula is C80H126O15Si11. The van der Waals surface area contributed by atoms with E-state index in [-0.39, 0.29) is 29.8 Å². The first kappa shape index (κ1) is 87.5. The van der Waals surface area contributed by atoms with E-state index in [4.69, 9.17) is 44.3 Å². The number of fused-ring (bicyclic) bond motifs is 5. The van der Waals surface area contributed by atoms with Gasteiger partial charge in [0, 0.05) is 69.6 Å². The summed E-state index contributed by atoms with van der Waals surface area (Å²) in [6, 6.07) is 52.8. The van der Waals surface area contributed by atoms with Crippen molar-refractivity contribution in [3.8, 4) is 28.7 Å². The lowest BCUT2D eigenvalue weighted by atomic mass is 10.2. The lowest BCUT2D eigenvalue weighted by molar-refractivity contribution is 0.0642. The van der Waals surface area contributed by atoms with E-state index in [0.29, 0.717) is 50.8 Å². The predicted octanol–water partition coefficient (Wildman–Crippen LogP) is 22.0. The van der Waals surface area contributed by atoms with E-state index in [1.807, 2.05) is 92.4 Å². The minimum atomic E-state index is -2.81. The van der Waals surface area contributed by atoms with Crippen LogP contribution in [0.5, 0.6) is 28.7 Å². The Morgan fingerprint density at radius 1 is 0.330 bits per heavy atom. The van der Waals surface area contributed by atoms with Gasteiger partial charge in [-0.25, -0.2) is 24.0 Å². The van der Waals surface area contributed by atoms with Gasteiger partial charge in [0.1, 0.15) is 28.7 Å². The number of hydrogen-bond acceptors (Lipinski definition) is 15. The van der Waals surface area contributed by atoms with Crippen LogP contribution < -0.4 is 22.1 Å². The van der Waals surface area contributed by atoms with Crippen LogP contribution in [0, 0.1) is 0 Å². The summed E-state index contributed by atoms with van der Waals surface area (Å²) in [4.78, 5) is 61.2. The SMILES string of the molecule is C=C[Si](C)(C)CCCCCC[Si](C)(C)C=C.C[SiH]1OC(=O)c2ccccc2O1.C[Si](C)(CCCCCC[Si](C)(C)CC[Si]1(CC[Si](C)(C)CCCCCC[Si](C)(C)CC[Si]2(C)OC(=O)c3ccccc3O2)OC(=O)c2ccccc2O1)CC[Si]1(C)OC(=O)c2ccccc2O1.O=C1O[SiH2]Oc2ccccc21. The molecule has 5 heterocycles. The first-order valence-electron chi connectivity index (χ1n) is 39.1. The second-order valence-electron chi connectivity index (χ2n) is 34.7. The van der Waals surface area contributed by atoms with Gasteiger partial charge in [0.15, 0.2) is 0 Å². The molecule has 0 aliphatic carbocycles. The summed E-state index contributed by atoms with van der Waals surface area (Å²) in [6.07, 6.45) is 15.7. The van der Waals surface area contributed by atoms with Gasteiger partial charge < -0.3 is 44.3 Å². The smallest absolute Gasteiger partial charge is 0.462 e. The van der Waals surface area contributed by atoms with E-state index in [9.17, 15) is 24.0 Å². The van der Waals surface area contributed by atoms with Gasteiger partial charge in [-0.15, -0.1) is 24.6 Å². The van der Waals surface area contributed by atoms with Crippen molar-refractivity contribution in [2.45, 2.75) is 260 Å². The second kappa shape index (κ2) is 39.8. The van der Waals surface area contributed by atoms with Crippen LogP contribution in [-0.4, -0.2) is 123 Å². The number of unbranched alkanes of at least 4 members (excludes halogenated alkanes) is 9. The topological polar surface area (TPSA) is 178 Å². The highest BCUT2D eigenvalue weighted by atomic mass is 28.4. The Morgan fingerprint density at radius 3 is 1.00 bits per heavy atom. The van der Waals surface area contributed by atoms with E-state index < -0.39 is 93.4 Å². The second-order valence-corrected chi connectivity index (χ2v) is 77.8. The summed E-state index contributed by atoms with van der Waals surface area (Å²) in [5.41, 5.74) is 7.16. The molecule has 0 saturated carbocycles. The Kier molecular flexibility index (Phi) is 32.9. The van der Waals surface area contributed by atoms with Crippen molar-refractivity contribution in [2.75, 3.05) is 0 Å². The van der Waals surface area contributed by atoms with Crippen LogP contribution in [0.15, 0.2) is 146 Å². The van der Waals surface area contributed by atoms with Gasteiger partial charge in [-0.2, -0.15) is 0 Å². The fourth-order valence-electron chi connectivity index (χ4n) is 13.8. The van der Waals surface area contributed by atoms with Crippen molar-refractivity contribution in [1.29, 1.82) is 0 Å². The molecule has 5 aliphatic heterocycles. The molecule has 5 aliphatic rings. The average Bonchev–Trinajstić information content (AvgIpc) is 1.45. The molecule has 0 amide bonds. The molecular weight excluding hydrogens is 1510 g/mol. The Balaban J connectivity index is 0.000000319. The third kappa shape index (κ3) is 28.6. The van der Waals surface area contributed by atoms with Gasteiger partial charge in [0.05, 0.1) is 44.0 Å². The maximum Gasteiger partial charge on any atom is 0.462 e. The lowest BCUT2D eigenvalue weighted by Crippen LogP contribution is -2.52. The summed E-state index contributed by atoms with van der Waals surface area (Å²) < 4.78 is 58.3. The standard InChI is InChI=1S/C51H82O9Si7.C14H30Si2.C8H8O3Si.C7H6O3Si/c1-61(2,35-39-65(9)55-46-28-18-15-25-43(46)49(52)58-65)31-21-11-13-23-33-63(5,6)37-41-67(57-48-30-20-17-27-45(48)51(54)60-67)42-38-64(7,8)34-24-14-12-22-32-62(3,4)36-40-66(10)56-47-29-19-16-26-44(47)50(53)59-66;1-7-15(3,4)13-11-9-10-12-14-16(5,6)8-2;1-12-10-7-5-3-2-4-6(7)8(9)11-12;8-7-5-3-1-2-4-6(5)9-11-10-7/h15-20,25-30H,11-14,21-24,31-42H2,1-10H3;7-8H,1-2,9-14H2,3-6H3;2-5,12H,1H3;1-4H,11H2. The van der Waals surface area contributed by atoms with Crippen molar-refractivity contribution < 1.29 is 68.2 Å². The van der Waals surface area contributed by atoms with Gasteiger partial charge in [-0.1, -0.05) is 277 Å². The van der Waals surface area contributed by atoms with Crippen LogP contribution >= 0.6 is 0 Å². The number of hydrogen-bond donors (Lipinski definition) is 0. The molecule has 106 heavy (non-hydrogen) atoms. The molecule has 0 saturated heterocycles. The van der Waals surface area contributed by atoms with E-state index in [1.54, 1.807) is 48.5 Å². The molecule has 0 bridgehead atoms. The van der Waals surface area contributed by atoms with Gasteiger partial charge in [0.2, 0.25) is 0 Å². The summed E-state index contributed by atoms with van der Waals surface area (Å²) in [6.45, 7) is 43.5. The molecule has 0 N–H and O–H groups in total. The zero-order valence-electron chi connectivity index (χ0n) is 66.9. The molecule has 15 nitrogen and oxygen atoms in total. The molecule has 0 spiro atoms. The molecule has 3 atom stereocenters. The van der Waals surface area contributed by atoms with E-state index in [0.717, 1.165) is 54.1 Å². The molecule has 5 aromatic carbocycles. The summed E-state index contributed by atoms with van der Waals surface area (Å²) in [5.74, 6) is 2.27. The largest absolute Gasteiger partial charge is 0.515 e. The van der Waals surface area contributed by atoms with Crippen molar-refractivity contribution in [3.63, 3.8) is 0 Å². The van der Waals surface area contributed by atoms with E-state index in [1.165, 1.54) is 113 Å². The maximum absolute atomic E-state index is 13.5. The van der Waals surface area contributed by atoms with Crippen LogP contribution in [0.4, 0.5) is 0 Å². The number of para-hydroxylation sites is 5. The molecule has 0 aromatic heterocycles. The normalized spacial score (nSPS) is 19.7. The minimum absolute atomic E-state index is 0.187. The minimum Gasteiger partial charge on any atom is -0.515 e. The molecule has 580 valence electrons. The van der Waals surface area contributed by atoms with E-state index in [2.05, 4.69) is 103 Å². The van der Waals surface area contributed by atoms with Crippen LogP contribution in [0.2, 0.25) is 183 Å². The number of carbonyl (C=O) groups is 5. The number of carbonyl (C=O) groups excluding carboxylic acids is 5. The third-order valence-electron chi connectivity index (χ3n) is 21.6. The highest BCUT2D eigenvalue weighted by Gasteiger charge is 2.50. The Morgan fingerprint density at radius 2 is 0.632 bits per heavy atom. The van der Waals surface area contributed by atoms with Gasteiger partial charge in [-0.05, 0) is 67.2 Å². The maximum atomic E-state index is 13.5. The average molecular weight is 1640 g/mol. The molecule has 26 heteroatoms. The fourth-order valence-corrected chi connectivity index (χ4v) is 46.1. The molecule has 0 fully saturated rings. The van der Waals surface area contributed by atoms with Gasteiger partial charge >= 0.3 is 74.8 Å². The molecule has 10 rings (SSSR count). The van der Waals surface area contributed by atoms with Crippen LogP contribution in [0.3, 0.4) is 0 Å². The van der Waals surface area contributed by atoms with Crippen molar-refractivity contribution in [3.05, 3.63) is 174 Å². The predicted molar refractivity (Wildman–Crippen MR) is 461 cm³/mol. The van der Waals surface area contributed by atoms with E-state index >= 15 is 0 Å². The van der Waals surface area contributed by atoms with Crippen LogP contribution in [-0.2, 0) is 22.1 Å². The molecule has 5 aromatic rings. The number of benzene rings is 5. The Bertz CT molecular complexity index is 3610. The van der Waals surface area contributed by atoms with Gasteiger partial charge in [0.25, 0.3) is 0 Å².